The lowest BCUT2D eigenvalue weighted by molar-refractivity contribution is -0.130. The fraction of sp³-hybridized carbons (Fsp3) is 0.933. The predicted molar refractivity (Wildman–Crippen MR) is 80.2 cm³/mol. The van der Waals surface area contributed by atoms with Crippen molar-refractivity contribution in [2.45, 2.75) is 40.5 Å². The highest BCUT2D eigenvalue weighted by Crippen LogP contribution is 2.06. The van der Waals surface area contributed by atoms with Gasteiger partial charge in [-0.15, -0.1) is 0 Å². The van der Waals surface area contributed by atoms with Crippen molar-refractivity contribution >= 4 is 5.91 Å². The molecule has 0 saturated carbocycles. The number of hydrogen-bond acceptors (Lipinski definition) is 3. The fourth-order valence-corrected chi connectivity index (χ4v) is 1.67. The highest BCUT2D eigenvalue weighted by molar-refractivity contribution is 5.78. The molecule has 1 amide bonds. The molecule has 0 unspecified atom stereocenters. The topological polar surface area (TPSA) is 41.6 Å². The second-order valence-electron chi connectivity index (χ2n) is 5.92. The molecule has 0 aromatic carbocycles. The maximum Gasteiger partial charge on any atom is 0.236 e. The molecule has 4 heteroatoms. The Labute approximate surface area is 118 Å². The van der Waals surface area contributed by atoms with Gasteiger partial charge in [-0.3, -0.25) is 4.79 Å². The Morgan fingerprint density at radius 1 is 1.11 bits per heavy atom. The Bertz CT molecular complexity index is 218. The van der Waals surface area contributed by atoms with Crippen LogP contribution in [-0.2, 0) is 9.53 Å². The molecule has 0 aromatic rings. The number of ether oxygens (including phenoxy) is 1. The Morgan fingerprint density at radius 2 is 1.63 bits per heavy atom. The lowest BCUT2D eigenvalue weighted by Gasteiger charge is -2.24. The van der Waals surface area contributed by atoms with Gasteiger partial charge in [-0.05, 0) is 24.7 Å². The zero-order chi connectivity index (χ0) is 14.7. The summed E-state index contributed by atoms with van der Waals surface area (Å²) in [5.74, 6) is 1.48. The van der Waals surface area contributed by atoms with Crippen LogP contribution in [0.3, 0.4) is 0 Å². The molecule has 0 rings (SSSR count). The van der Waals surface area contributed by atoms with E-state index < -0.39 is 0 Å². The van der Waals surface area contributed by atoms with Gasteiger partial charge in [-0.2, -0.15) is 0 Å². The Hall–Kier alpha value is -0.610. The van der Waals surface area contributed by atoms with Crippen LogP contribution in [0, 0.1) is 11.8 Å². The molecule has 0 radical (unpaired) electrons. The third-order valence-corrected chi connectivity index (χ3v) is 3.06. The molecule has 0 aliphatic carbocycles. The van der Waals surface area contributed by atoms with Crippen molar-refractivity contribution in [3.8, 4) is 0 Å². The predicted octanol–water partition coefficient (Wildman–Crippen LogP) is 2.14. The van der Waals surface area contributed by atoms with Crippen molar-refractivity contribution in [2.24, 2.45) is 11.8 Å². The van der Waals surface area contributed by atoms with Crippen LogP contribution >= 0.6 is 0 Å². The fourth-order valence-electron chi connectivity index (χ4n) is 1.67. The van der Waals surface area contributed by atoms with Gasteiger partial charge in [0.2, 0.25) is 5.91 Å². The van der Waals surface area contributed by atoms with E-state index in [0.29, 0.717) is 25.0 Å². The minimum absolute atomic E-state index is 0.206. The number of hydrogen-bond donors (Lipinski definition) is 1. The van der Waals surface area contributed by atoms with Crippen molar-refractivity contribution in [3.05, 3.63) is 0 Å². The van der Waals surface area contributed by atoms with E-state index >= 15 is 0 Å². The van der Waals surface area contributed by atoms with Crippen LogP contribution in [0.4, 0.5) is 0 Å². The largest absolute Gasteiger partial charge is 0.383 e. The van der Waals surface area contributed by atoms with E-state index in [1.807, 2.05) is 4.90 Å². The van der Waals surface area contributed by atoms with Crippen LogP contribution < -0.4 is 5.32 Å². The van der Waals surface area contributed by atoms with Gasteiger partial charge >= 0.3 is 0 Å². The highest BCUT2D eigenvalue weighted by atomic mass is 16.5. The van der Waals surface area contributed by atoms with Crippen molar-refractivity contribution < 1.29 is 9.53 Å². The summed E-state index contributed by atoms with van der Waals surface area (Å²) in [6.07, 6.45) is 2.14. The standard InChI is InChI=1S/C15H32N2O2/c1-13(2)6-9-17(10-7-14(3)4)15(18)12-16-8-11-19-5/h13-14,16H,6-12H2,1-5H3. The molecule has 0 bridgehead atoms. The van der Waals surface area contributed by atoms with Crippen LogP contribution in [0.25, 0.3) is 0 Å². The minimum Gasteiger partial charge on any atom is -0.383 e. The van der Waals surface area contributed by atoms with Crippen molar-refractivity contribution in [1.29, 1.82) is 0 Å². The third-order valence-electron chi connectivity index (χ3n) is 3.06. The molecular weight excluding hydrogens is 240 g/mol. The van der Waals surface area contributed by atoms with Crippen molar-refractivity contribution in [3.63, 3.8) is 0 Å². The number of carbonyl (C=O) groups excluding carboxylic acids is 1. The first-order valence-corrected chi connectivity index (χ1v) is 7.44. The number of rotatable bonds is 11. The normalized spacial score (nSPS) is 11.3. The van der Waals surface area contributed by atoms with Crippen LogP contribution in [0.1, 0.15) is 40.5 Å². The smallest absolute Gasteiger partial charge is 0.236 e. The SMILES string of the molecule is COCCNCC(=O)N(CCC(C)C)CCC(C)C. The van der Waals surface area contributed by atoms with Crippen LogP contribution in [-0.4, -0.2) is 50.7 Å². The van der Waals surface area contributed by atoms with E-state index in [1.165, 1.54) is 0 Å². The number of nitrogens with zero attached hydrogens (tertiary/aromatic N) is 1. The van der Waals surface area contributed by atoms with E-state index in [-0.39, 0.29) is 5.91 Å². The first kappa shape index (κ1) is 18.4. The molecule has 0 aliphatic rings. The van der Waals surface area contributed by atoms with E-state index in [9.17, 15) is 4.79 Å². The van der Waals surface area contributed by atoms with Crippen LogP contribution in [0.5, 0.6) is 0 Å². The Kier molecular flexibility index (Phi) is 10.9. The van der Waals surface area contributed by atoms with Gasteiger partial charge in [0.1, 0.15) is 0 Å². The second-order valence-corrected chi connectivity index (χ2v) is 5.92. The molecule has 0 aromatic heterocycles. The molecule has 0 aliphatic heterocycles. The zero-order valence-corrected chi connectivity index (χ0v) is 13.4. The maximum atomic E-state index is 12.2. The molecule has 0 spiro atoms. The van der Waals surface area contributed by atoms with Gasteiger partial charge in [0.15, 0.2) is 0 Å². The summed E-state index contributed by atoms with van der Waals surface area (Å²) in [7, 11) is 1.67. The molecule has 1 N–H and O–H groups in total. The molecule has 4 nitrogen and oxygen atoms in total. The molecule has 114 valence electrons. The summed E-state index contributed by atoms with van der Waals surface area (Å²) < 4.78 is 4.95. The number of amides is 1. The molecule has 0 saturated heterocycles. The first-order valence-electron chi connectivity index (χ1n) is 7.44. The average molecular weight is 272 g/mol. The second kappa shape index (κ2) is 11.2. The van der Waals surface area contributed by atoms with E-state index in [2.05, 4.69) is 33.0 Å². The third kappa shape index (κ3) is 11.0. The van der Waals surface area contributed by atoms with Gasteiger partial charge in [-0.25, -0.2) is 0 Å². The lowest BCUT2D eigenvalue weighted by Crippen LogP contribution is -2.40. The first-order chi connectivity index (χ1) is 8.97. The average Bonchev–Trinajstić information content (AvgIpc) is 2.33. The Balaban J connectivity index is 4.08. The highest BCUT2D eigenvalue weighted by Gasteiger charge is 2.13. The van der Waals surface area contributed by atoms with Gasteiger partial charge in [0.25, 0.3) is 0 Å². The zero-order valence-electron chi connectivity index (χ0n) is 13.4. The lowest BCUT2D eigenvalue weighted by atomic mass is 10.1. The van der Waals surface area contributed by atoms with Gasteiger partial charge < -0.3 is 15.0 Å². The summed E-state index contributed by atoms with van der Waals surface area (Å²) in [6, 6.07) is 0. The molecule has 19 heavy (non-hydrogen) atoms. The number of methoxy groups -OCH3 is 1. The summed E-state index contributed by atoms with van der Waals surface area (Å²) in [4.78, 5) is 14.2. The molecule has 0 heterocycles. The number of carbonyl (C=O) groups is 1. The van der Waals surface area contributed by atoms with Crippen LogP contribution in [0.15, 0.2) is 0 Å². The minimum atomic E-state index is 0.206. The Morgan fingerprint density at radius 3 is 2.05 bits per heavy atom. The summed E-state index contributed by atoms with van der Waals surface area (Å²) in [5.41, 5.74) is 0. The quantitative estimate of drug-likeness (QED) is 0.586. The van der Waals surface area contributed by atoms with Gasteiger partial charge in [-0.1, -0.05) is 27.7 Å². The van der Waals surface area contributed by atoms with E-state index in [0.717, 1.165) is 32.5 Å². The van der Waals surface area contributed by atoms with Crippen molar-refractivity contribution in [1.82, 2.24) is 10.2 Å². The van der Waals surface area contributed by atoms with Gasteiger partial charge in [0.05, 0.1) is 13.2 Å². The summed E-state index contributed by atoms with van der Waals surface area (Å²) >= 11 is 0. The molecular formula is C15H32N2O2. The van der Waals surface area contributed by atoms with Crippen LogP contribution in [0.2, 0.25) is 0 Å². The molecule has 0 atom stereocenters. The maximum absolute atomic E-state index is 12.2. The van der Waals surface area contributed by atoms with Gasteiger partial charge in [0, 0.05) is 26.7 Å². The molecule has 0 fully saturated rings. The van der Waals surface area contributed by atoms with E-state index in [4.69, 9.17) is 4.74 Å². The van der Waals surface area contributed by atoms with E-state index in [1.54, 1.807) is 7.11 Å². The number of nitrogens with one attached hydrogen (secondary N) is 1. The summed E-state index contributed by atoms with van der Waals surface area (Å²) in [6.45, 7) is 12.3. The van der Waals surface area contributed by atoms with Crippen molar-refractivity contribution in [2.75, 3.05) is 39.9 Å². The summed E-state index contributed by atoms with van der Waals surface area (Å²) in [5, 5.41) is 3.13. The monoisotopic (exact) mass is 272 g/mol.